The summed E-state index contributed by atoms with van der Waals surface area (Å²) in [6.07, 6.45) is 5.42. The van der Waals surface area contributed by atoms with E-state index in [-0.39, 0.29) is 29.9 Å². The molecule has 2 rings (SSSR count). The van der Waals surface area contributed by atoms with Gasteiger partial charge in [0.15, 0.2) is 5.96 Å². The minimum atomic E-state index is 0. The molecule has 0 bridgehead atoms. The van der Waals surface area contributed by atoms with Gasteiger partial charge in [-0.05, 0) is 32.6 Å². The summed E-state index contributed by atoms with van der Waals surface area (Å²) < 4.78 is 0. The van der Waals surface area contributed by atoms with Crippen LogP contribution in [-0.2, 0) is 4.79 Å². The molecule has 1 aliphatic heterocycles. The Labute approximate surface area is 139 Å². The van der Waals surface area contributed by atoms with Crippen molar-refractivity contribution >= 4 is 35.8 Å². The van der Waals surface area contributed by atoms with Gasteiger partial charge < -0.3 is 15.5 Å². The van der Waals surface area contributed by atoms with Crippen molar-refractivity contribution in [3.05, 3.63) is 0 Å². The summed E-state index contributed by atoms with van der Waals surface area (Å²) in [5.74, 6) is 1.17. The van der Waals surface area contributed by atoms with Crippen LogP contribution in [0.5, 0.6) is 0 Å². The normalized spacial score (nSPS) is 23.0. The Balaban J connectivity index is 0.00000200. The first-order chi connectivity index (χ1) is 9.22. The summed E-state index contributed by atoms with van der Waals surface area (Å²) in [5.41, 5.74) is 0. The summed E-state index contributed by atoms with van der Waals surface area (Å²) in [6.45, 7) is 6.43. The smallest absolute Gasteiger partial charge is 0.222 e. The van der Waals surface area contributed by atoms with E-state index in [1.165, 1.54) is 19.3 Å². The fourth-order valence-corrected chi connectivity index (χ4v) is 2.56. The van der Waals surface area contributed by atoms with Crippen molar-refractivity contribution in [3.63, 3.8) is 0 Å². The monoisotopic (exact) mass is 394 g/mol. The van der Waals surface area contributed by atoms with Crippen LogP contribution in [0.2, 0.25) is 0 Å². The third-order valence-corrected chi connectivity index (χ3v) is 3.95. The number of halogens is 1. The molecule has 1 saturated heterocycles. The first kappa shape index (κ1) is 17.5. The molecule has 1 aliphatic carbocycles. The van der Waals surface area contributed by atoms with E-state index in [9.17, 15) is 4.79 Å². The summed E-state index contributed by atoms with van der Waals surface area (Å²) in [7, 11) is 0. The van der Waals surface area contributed by atoms with Gasteiger partial charge in [-0.1, -0.05) is 6.92 Å². The van der Waals surface area contributed by atoms with Gasteiger partial charge in [-0.25, -0.2) is 0 Å². The second-order valence-electron chi connectivity index (χ2n) is 5.42. The quantitative estimate of drug-likeness (QED) is 0.434. The molecule has 6 heteroatoms. The molecule has 1 atom stereocenters. The molecule has 0 aromatic heterocycles. The van der Waals surface area contributed by atoms with Crippen LogP contribution < -0.4 is 10.6 Å². The van der Waals surface area contributed by atoms with Crippen LogP contribution in [0.15, 0.2) is 4.99 Å². The Bertz CT molecular complexity index is 344. The molecule has 2 aliphatic rings. The van der Waals surface area contributed by atoms with Crippen LogP contribution in [-0.4, -0.2) is 48.5 Å². The highest BCUT2D eigenvalue weighted by atomic mass is 127. The molecular weight excluding hydrogens is 367 g/mol. The van der Waals surface area contributed by atoms with Crippen molar-refractivity contribution < 1.29 is 4.79 Å². The SMILES string of the molecule is CCN=C(NC1CCC1)NC1CCN(C(=O)CC)C1.I. The minimum Gasteiger partial charge on any atom is -0.354 e. The van der Waals surface area contributed by atoms with E-state index >= 15 is 0 Å². The van der Waals surface area contributed by atoms with Gasteiger partial charge in [0, 0.05) is 38.1 Å². The molecule has 0 radical (unpaired) electrons. The van der Waals surface area contributed by atoms with Gasteiger partial charge >= 0.3 is 0 Å². The van der Waals surface area contributed by atoms with Gasteiger partial charge in [0.1, 0.15) is 0 Å². The van der Waals surface area contributed by atoms with Crippen LogP contribution in [0.4, 0.5) is 0 Å². The maximum absolute atomic E-state index is 11.7. The van der Waals surface area contributed by atoms with Crippen LogP contribution in [0.1, 0.15) is 46.0 Å². The van der Waals surface area contributed by atoms with E-state index in [4.69, 9.17) is 0 Å². The maximum atomic E-state index is 11.7. The van der Waals surface area contributed by atoms with Crippen molar-refractivity contribution in [3.8, 4) is 0 Å². The van der Waals surface area contributed by atoms with Crippen molar-refractivity contribution in [2.75, 3.05) is 19.6 Å². The van der Waals surface area contributed by atoms with Gasteiger partial charge in [-0.3, -0.25) is 9.79 Å². The predicted molar refractivity (Wildman–Crippen MR) is 92.6 cm³/mol. The third kappa shape index (κ3) is 4.79. The molecule has 1 saturated carbocycles. The molecule has 1 unspecified atom stereocenters. The number of amides is 1. The lowest BCUT2D eigenvalue weighted by molar-refractivity contribution is -0.129. The third-order valence-electron chi connectivity index (χ3n) is 3.95. The summed E-state index contributed by atoms with van der Waals surface area (Å²) in [4.78, 5) is 18.1. The largest absolute Gasteiger partial charge is 0.354 e. The molecule has 1 heterocycles. The highest BCUT2D eigenvalue weighted by molar-refractivity contribution is 14.0. The molecule has 2 N–H and O–H groups in total. The van der Waals surface area contributed by atoms with Gasteiger partial charge in [0.05, 0.1) is 0 Å². The predicted octanol–water partition coefficient (Wildman–Crippen LogP) is 1.72. The number of rotatable bonds is 4. The van der Waals surface area contributed by atoms with Crippen LogP contribution in [0.25, 0.3) is 0 Å². The van der Waals surface area contributed by atoms with E-state index in [1.54, 1.807) is 0 Å². The zero-order valence-electron chi connectivity index (χ0n) is 12.5. The number of carbonyl (C=O) groups excluding carboxylic acids is 1. The lowest BCUT2D eigenvalue weighted by Gasteiger charge is -2.29. The van der Waals surface area contributed by atoms with E-state index in [1.807, 2.05) is 18.7 Å². The van der Waals surface area contributed by atoms with E-state index in [0.717, 1.165) is 32.0 Å². The molecule has 0 aromatic carbocycles. The number of nitrogens with one attached hydrogen (secondary N) is 2. The zero-order chi connectivity index (χ0) is 13.7. The number of guanidine groups is 1. The summed E-state index contributed by atoms with van der Waals surface area (Å²) >= 11 is 0. The van der Waals surface area contributed by atoms with E-state index in [0.29, 0.717) is 18.5 Å². The second kappa shape index (κ2) is 8.69. The van der Waals surface area contributed by atoms with Crippen LogP contribution >= 0.6 is 24.0 Å². The Kier molecular flexibility index (Phi) is 7.61. The summed E-state index contributed by atoms with van der Waals surface area (Å²) in [6, 6.07) is 0.931. The first-order valence-corrected chi connectivity index (χ1v) is 7.58. The Hall–Kier alpha value is -0.530. The average Bonchev–Trinajstić information content (AvgIpc) is 2.81. The second-order valence-corrected chi connectivity index (χ2v) is 5.42. The van der Waals surface area contributed by atoms with Gasteiger partial charge in [0.25, 0.3) is 0 Å². The van der Waals surface area contributed by atoms with Crippen molar-refractivity contribution in [1.82, 2.24) is 15.5 Å². The Morgan fingerprint density at radius 1 is 1.20 bits per heavy atom. The molecule has 116 valence electrons. The van der Waals surface area contributed by atoms with E-state index in [2.05, 4.69) is 15.6 Å². The van der Waals surface area contributed by atoms with Crippen LogP contribution in [0.3, 0.4) is 0 Å². The number of aliphatic imine (C=N–C) groups is 1. The average molecular weight is 394 g/mol. The fourth-order valence-electron chi connectivity index (χ4n) is 2.56. The molecule has 0 spiro atoms. The van der Waals surface area contributed by atoms with Gasteiger partial charge in [-0.2, -0.15) is 0 Å². The minimum absolute atomic E-state index is 0. The lowest BCUT2D eigenvalue weighted by atomic mass is 9.93. The van der Waals surface area contributed by atoms with Crippen molar-refractivity contribution in [2.45, 2.75) is 58.0 Å². The maximum Gasteiger partial charge on any atom is 0.222 e. The topological polar surface area (TPSA) is 56.7 Å². The molecular formula is C14H27IN4O. The van der Waals surface area contributed by atoms with E-state index < -0.39 is 0 Å². The highest BCUT2D eigenvalue weighted by Crippen LogP contribution is 2.18. The fraction of sp³-hybridized carbons (Fsp3) is 0.857. The number of nitrogens with zero attached hydrogens (tertiary/aromatic N) is 2. The molecule has 5 nitrogen and oxygen atoms in total. The molecule has 2 fully saturated rings. The van der Waals surface area contributed by atoms with Crippen LogP contribution in [0, 0.1) is 0 Å². The van der Waals surface area contributed by atoms with Gasteiger partial charge in [-0.15, -0.1) is 24.0 Å². The Morgan fingerprint density at radius 2 is 1.90 bits per heavy atom. The molecule has 20 heavy (non-hydrogen) atoms. The zero-order valence-corrected chi connectivity index (χ0v) is 14.9. The highest BCUT2D eigenvalue weighted by Gasteiger charge is 2.26. The number of hydrogen-bond acceptors (Lipinski definition) is 2. The number of hydrogen-bond donors (Lipinski definition) is 2. The van der Waals surface area contributed by atoms with Crippen molar-refractivity contribution in [1.29, 1.82) is 0 Å². The first-order valence-electron chi connectivity index (χ1n) is 7.58. The number of carbonyl (C=O) groups is 1. The number of likely N-dealkylation sites (tertiary alicyclic amines) is 1. The van der Waals surface area contributed by atoms with Gasteiger partial charge in [0.2, 0.25) is 5.91 Å². The summed E-state index contributed by atoms with van der Waals surface area (Å²) in [5, 5.41) is 6.94. The standard InChI is InChI=1S/C14H26N4O.HI/c1-3-13(19)18-9-8-12(10-18)17-14(15-4-2)16-11-6-5-7-11;/h11-12H,3-10H2,1-2H3,(H2,15,16,17);1H. The van der Waals surface area contributed by atoms with Crippen molar-refractivity contribution in [2.24, 2.45) is 4.99 Å². The lowest BCUT2D eigenvalue weighted by Crippen LogP contribution is -2.50. The Morgan fingerprint density at radius 3 is 2.45 bits per heavy atom. The molecule has 0 aromatic rings. The molecule has 1 amide bonds.